The van der Waals surface area contributed by atoms with Crippen LogP contribution in [0.4, 0.5) is 20.1 Å². The molecule has 3 heterocycles. The van der Waals surface area contributed by atoms with Gasteiger partial charge in [-0.2, -0.15) is 5.10 Å². The molecule has 0 N–H and O–H groups in total. The first kappa shape index (κ1) is 36.6. The van der Waals surface area contributed by atoms with Gasteiger partial charge in [-0.3, -0.25) is 9.59 Å². The summed E-state index contributed by atoms with van der Waals surface area (Å²) in [7, 11) is 0. The quantitative estimate of drug-likeness (QED) is 0.293. The standard InChI is InChI=1S/C37H51N3O6S3/c1-20(2)26-12-9-22(5)17-30(26)45-34(42)39-29-14-11-25(19-28(29)37(33(39)41)47-15-8-16-48-37)32-24(7)49-36(44)40(38-32)35(43)46-31-18-23(6)10-13-27(31)21(3)4/h11,14,19-24,26-27,30-31H,8-10,12-13,15-18H2,1-7H3/t22-,23-,24+,26+,27+,30-,31-/m1/s1. The molecule has 2 saturated carbocycles. The van der Waals surface area contributed by atoms with Crippen molar-refractivity contribution in [2.45, 2.75) is 115 Å². The molecule has 3 fully saturated rings. The molecule has 3 aliphatic heterocycles. The predicted octanol–water partition coefficient (Wildman–Crippen LogP) is 9.51. The Morgan fingerprint density at radius 3 is 2.00 bits per heavy atom. The Bertz CT molecular complexity index is 1490. The molecule has 2 aliphatic carbocycles. The van der Waals surface area contributed by atoms with Gasteiger partial charge in [0.05, 0.1) is 16.6 Å². The van der Waals surface area contributed by atoms with E-state index in [0.29, 0.717) is 40.6 Å². The lowest BCUT2D eigenvalue weighted by Gasteiger charge is -2.37. The number of hydrogen-bond acceptors (Lipinski definition) is 10. The second-order valence-electron chi connectivity index (χ2n) is 15.4. The third-order valence-corrected chi connectivity index (χ3v) is 15.3. The van der Waals surface area contributed by atoms with Crippen molar-refractivity contribution < 1.29 is 28.7 Å². The minimum atomic E-state index is -0.983. The van der Waals surface area contributed by atoms with Crippen molar-refractivity contribution in [2.75, 3.05) is 16.4 Å². The summed E-state index contributed by atoms with van der Waals surface area (Å²) in [5.41, 5.74) is 2.51. The Morgan fingerprint density at radius 1 is 0.857 bits per heavy atom. The van der Waals surface area contributed by atoms with Crippen LogP contribution in [0.25, 0.3) is 0 Å². The van der Waals surface area contributed by atoms with Gasteiger partial charge in [0.2, 0.25) is 0 Å². The largest absolute Gasteiger partial charge is 0.445 e. The predicted molar refractivity (Wildman–Crippen MR) is 199 cm³/mol. The summed E-state index contributed by atoms with van der Waals surface area (Å²) in [5, 5.41) is 4.67. The van der Waals surface area contributed by atoms with Gasteiger partial charge in [-0.15, -0.1) is 28.5 Å². The molecular formula is C37H51N3O6S3. The Balaban J connectivity index is 1.30. The number of hydrogen-bond donors (Lipinski definition) is 0. The summed E-state index contributed by atoms with van der Waals surface area (Å²) in [6, 6.07) is 5.56. The van der Waals surface area contributed by atoms with E-state index in [0.717, 1.165) is 78.8 Å². The Labute approximate surface area is 303 Å². The molecule has 5 aliphatic rings. The van der Waals surface area contributed by atoms with Crippen LogP contribution in [0.2, 0.25) is 0 Å². The first-order valence-electron chi connectivity index (χ1n) is 18.1. The number of benzene rings is 1. The first-order valence-corrected chi connectivity index (χ1v) is 20.9. The summed E-state index contributed by atoms with van der Waals surface area (Å²) < 4.78 is 11.2. The van der Waals surface area contributed by atoms with Crippen molar-refractivity contribution in [1.82, 2.24) is 5.01 Å². The minimum absolute atomic E-state index is 0.235. The van der Waals surface area contributed by atoms with Gasteiger partial charge in [-0.05, 0) is 104 Å². The number of fused-ring (bicyclic) bond motifs is 2. The van der Waals surface area contributed by atoms with Crippen molar-refractivity contribution in [1.29, 1.82) is 0 Å². The van der Waals surface area contributed by atoms with Crippen LogP contribution in [-0.2, 0) is 18.3 Å². The molecule has 6 rings (SSSR count). The molecule has 1 aromatic carbocycles. The monoisotopic (exact) mass is 729 g/mol. The molecule has 268 valence electrons. The van der Waals surface area contributed by atoms with Gasteiger partial charge in [0, 0.05) is 5.56 Å². The number of rotatable bonds is 5. The molecule has 1 spiro atoms. The van der Waals surface area contributed by atoms with Crippen LogP contribution in [-0.4, -0.2) is 63.0 Å². The van der Waals surface area contributed by atoms with Gasteiger partial charge in [0.1, 0.15) is 12.2 Å². The second-order valence-corrected chi connectivity index (χ2v) is 19.5. The SMILES string of the molecule is CC(C)[C@@H]1CC[C@@H](C)C[C@H]1OC(=O)N1N=C(c2ccc3c(c2)C2(SCCCS2)C(=O)N3C(=O)O[C@@H]2C[C@H](C)CC[C@H]2C(C)C)[C@H](C)SC1=O. The number of carbonyl (C=O) groups is 4. The van der Waals surface area contributed by atoms with E-state index in [9.17, 15) is 19.2 Å². The van der Waals surface area contributed by atoms with Crippen LogP contribution in [0.1, 0.15) is 105 Å². The third-order valence-electron chi connectivity index (χ3n) is 11.1. The van der Waals surface area contributed by atoms with E-state index < -0.39 is 21.5 Å². The molecule has 49 heavy (non-hydrogen) atoms. The van der Waals surface area contributed by atoms with E-state index in [2.05, 4.69) is 46.6 Å². The van der Waals surface area contributed by atoms with Crippen molar-refractivity contribution in [3.05, 3.63) is 29.3 Å². The van der Waals surface area contributed by atoms with Crippen LogP contribution >= 0.6 is 35.3 Å². The van der Waals surface area contributed by atoms with E-state index in [1.807, 2.05) is 19.1 Å². The van der Waals surface area contributed by atoms with Crippen LogP contribution in [0.3, 0.4) is 0 Å². The van der Waals surface area contributed by atoms with Gasteiger partial charge in [0.25, 0.3) is 5.91 Å². The number of imide groups is 2. The average molecular weight is 730 g/mol. The number of anilines is 1. The molecule has 0 bridgehead atoms. The highest BCUT2D eigenvalue weighted by Crippen LogP contribution is 2.58. The molecule has 0 aromatic heterocycles. The molecule has 0 radical (unpaired) electrons. The lowest BCUT2D eigenvalue weighted by Crippen LogP contribution is -2.45. The van der Waals surface area contributed by atoms with E-state index in [4.69, 9.17) is 9.47 Å². The number of carbonyl (C=O) groups excluding carboxylic acids is 4. The highest BCUT2D eigenvalue weighted by Gasteiger charge is 2.56. The summed E-state index contributed by atoms with van der Waals surface area (Å²) >= 11 is 4.15. The Hall–Kier alpha value is -2.18. The maximum atomic E-state index is 14.4. The van der Waals surface area contributed by atoms with Crippen molar-refractivity contribution in [2.24, 2.45) is 40.6 Å². The fourth-order valence-electron chi connectivity index (χ4n) is 8.28. The van der Waals surface area contributed by atoms with Gasteiger partial charge in [-0.1, -0.05) is 72.2 Å². The first-order chi connectivity index (χ1) is 23.3. The second kappa shape index (κ2) is 14.8. The smallest absolute Gasteiger partial charge is 0.438 e. The molecule has 1 saturated heterocycles. The fourth-order valence-corrected chi connectivity index (χ4v) is 12.3. The van der Waals surface area contributed by atoms with Gasteiger partial charge in [0.15, 0.2) is 4.08 Å². The zero-order valence-electron chi connectivity index (χ0n) is 29.8. The van der Waals surface area contributed by atoms with Gasteiger partial charge >= 0.3 is 17.4 Å². The number of ether oxygens (including phenoxy) is 2. The zero-order chi connectivity index (χ0) is 35.2. The van der Waals surface area contributed by atoms with Crippen molar-refractivity contribution in [3.63, 3.8) is 0 Å². The van der Waals surface area contributed by atoms with Crippen molar-refractivity contribution >= 4 is 70.0 Å². The average Bonchev–Trinajstić information content (AvgIpc) is 3.27. The van der Waals surface area contributed by atoms with Gasteiger partial charge < -0.3 is 9.47 Å². The van der Waals surface area contributed by atoms with Crippen LogP contribution < -0.4 is 4.90 Å². The van der Waals surface area contributed by atoms with E-state index in [-0.39, 0.29) is 35.2 Å². The maximum absolute atomic E-state index is 14.4. The van der Waals surface area contributed by atoms with Gasteiger partial charge in [-0.25, -0.2) is 14.5 Å². The highest BCUT2D eigenvalue weighted by atomic mass is 32.2. The summed E-state index contributed by atoms with van der Waals surface area (Å²) in [6.07, 6.45) is 4.87. The molecule has 0 unspecified atom stereocenters. The topological polar surface area (TPSA) is 106 Å². The summed E-state index contributed by atoms with van der Waals surface area (Å²) in [6.45, 7) is 14.9. The third kappa shape index (κ3) is 7.16. The summed E-state index contributed by atoms with van der Waals surface area (Å²) in [4.78, 5) is 56.3. The highest BCUT2D eigenvalue weighted by molar-refractivity contribution is 8.19. The maximum Gasteiger partial charge on any atom is 0.438 e. The molecule has 7 atom stereocenters. The number of amides is 4. The number of thioether (sulfide) groups is 3. The molecule has 9 nitrogen and oxygen atoms in total. The number of nitrogens with zero attached hydrogens (tertiary/aromatic N) is 3. The Kier molecular flexibility index (Phi) is 11.1. The lowest BCUT2D eigenvalue weighted by atomic mass is 9.75. The van der Waals surface area contributed by atoms with E-state index >= 15 is 0 Å². The minimum Gasteiger partial charge on any atom is -0.445 e. The van der Waals surface area contributed by atoms with Crippen LogP contribution in [0.5, 0.6) is 0 Å². The lowest BCUT2D eigenvalue weighted by molar-refractivity contribution is -0.118. The molecule has 4 amide bonds. The van der Waals surface area contributed by atoms with Crippen LogP contribution in [0.15, 0.2) is 23.3 Å². The van der Waals surface area contributed by atoms with E-state index in [1.54, 1.807) is 29.6 Å². The Morgan fingerprint density at radius 2 is 1.43 bits per heavy atom. The summed E-state index contributed by atoms with van der Waals surface area (Å²) in [5.74, 6) is 3.41. The van der Waals surface area contributed by atoms with E-state index in [1.165, 1.54) is 4.90 Å². The molecular weight excluding hydrogens is 679 g/mol. The van der Waals surface area contributed by atoms with Crippen molar-refractivity contribution in [3.8, 4) is 0 Å². The molecule has 12 heteroatoms. The zero-order valence-corrected chi connectivity index (χ0v) is 32.3. The van der Waals surface area contributed by atoms with Crippen LogP contribution in [0, 0.1) is 35.5 Å². The number of hydrazone groups is 1. The molecule has 1 aromatic rings. The fraction of sp³-hybridized carbons (Fsp3) is 0.703. The normalized spacial score (nSPS) is 31.6.